The second-order valence-electron chi connectivity index (χ2n) is 5.61. The third-order valence-electron chi connectivity index (χ3n) is 3.98. The van der Waals surface area contributed by atoms with Crippen molar-refractivity contribution in [2.45, 2.75) is 13.8 Å². The zero-order valence-electron chi connectivity index (χ0n) is 14.0. The summed E-state index contributed by atoms with van der Waals surface area (Å²) in [7, 11) is 1.54. The highest BCUT2D eigenvalue weighted by atomic mass is 16.6. The quantitative estimate of drug-likeness (QED) is 0.567. The first-order chi connectivity index (χ1) is 11.9. The van der Waals surface area contributed by atoms with Crippen molar-refractivity contribution in [1.82, 2.24) is 0 Å². The average molecular weight is 340 g/mol. The molecule has 0 aliphatic carbocycles. The summed E-state index contributed by atoms with van der Waals surface area (Å²) in [6, 6.07) is 9.53. The second kappa shape index (κ2) is 6.27. The highest BCUT2D eigenvalue weighted by Crippen LogP contribution is 2.30. The molecular weight excluding hydrogens is 324 g/mol. The predicted molar refractivity (Wildman–Crippen MR) is 93.3 cm³/mol. The standard InChI is InChI=1S/C18H16N2O5/c1-10-4-5-12(20(22)23)8-15(10)19-18(21)17-11(2)25-16-7-6-13(24-3)9-14(16)17/h4-9H,1-3H3,(H,19,21). The Balaban J connectivity index is 2.02. The maximum Gasteiger partial charge on any atom is 0.271 e. The van der Waals surface area contributed by atoms with Gasteiger partial charge >= 0.3 is 0 Å². The molecule has 0 aliphatic rings. The van der Waals surface area contributed by atoms with Crippen LogP contribution in [0.5, 0.6) is 5.75 Å². The van der Waals surface area contributed by atoms with Gasteiger partial charge in [0.05, 0.1) is 23.3 Å². The van der Waals surface area contributed by atoms with E-state index in [1.807, 2.05) is 0 Å². The molecule has 0 fully saturated rings. The molecule has 0 unspecified atom stereocenters. The van der Waals surface area contributed by atoms with Crippen LogP contribution in [0.25, 0.3) is 11.0 Å². The molecule has 0 aliphatic heterocycles. The first-order valence-corrected chi connectivity index (χ1v) is 7.54. The van der Waals surface area contributed by atoms with Crippen LogP contribution in [-0.2, 0) is 0 Å². The lowest BCUT2D eigenvalue weighted by molar-refractivity contribution is -0.384. The average Bonchev–Trinajstić information content (AvgIpc) is 2.91. The van der Waals surface area contributed by atoms with Crippen LogP contribution in [0, 0.1) is 24.0 Å². The fourth-order valence-corrected chi connectivity index (χ4v) is 2.65. The molecule has 7 nitrogen and oxygen atoms in total. The van der Waals surface area contributed by atoms with Gasteiger partial charge in [0.15, 0.2) is 0 Å². The van der Waals surface area contributed by atoms with Crippen molar-refractivity contribution in [2.24, 2.45) is 0 Å². The van der Waals surface area contributed by atoms with Gasteiger partial charge in [-0.05, 0) is 37.6 Å². The molecule has 0 radical (unpaired) electrons. The number of methoxy groups -OCH3 is 1. The zero-order chi connectivity index (χ0) is 18.1. The van der Waals surface area contributed by atoms with Crippen molar-refractivity contribution in [3.05, 3.63) is 63.4 Å². The Morgan fingerprint density at radius 1 is 1.20 bits per heavy atom. The number of amides is 1. The number of nitrogens with one attached hydrogen (secondary N) is 1. The second-order valence-corrected chi connectivity index (χ2v) is 5.61. The number of carbonyl (C=O) groups excluding carboxylic acids is 1. The zero-order valence-corrected chi connectivity index (χ0v) is 14.0. The van der Waals surface area contributed by atoms with Crippen LogP contribution in [0.4, 0.5) is 11.4 Å². The number of rotatable bonds is 4. The van der Waals surface area contributed by atoms with Crippen LogP contribution in [0.15, 0.2) is 40.8 Å². The highest BCUT2D eigenvalue weighted by molar-refractivity contribution is 6.13. The summed E-state index contributed by atoms with van der Waals surface area (Å²) in [5, 5.41) is 14.3. The molecular formula is C18H16N2O5. The fourth-order valence-electron chi connectivity index (χ4n) is 2.65. The molecule has 128 valence electrons. The van der Waals surface area contributed by atoms with E-state index in [0.29, 0.717) is 33.7 Å². The van der Waals surface area contributed by atoms with E-state index in [4.69, 9.17) is 9.15 Å². The van der Waals surface area contributed by atoms with E-state index in [1.165, 1.54) is 12.1 Å². The van der Waals surface area contributed by atoms with E-state index in [0.717, 1.165) is 5.56 Å². The summed E-state index contributed by atoms with van der Waals surface area (Å²) >= 11 is 0. The van der Waals surface area contributed by atoms with Crippen molar-refractivity contribution in [2.75, 3.05) is 12.4 Å². The smallest absolute Gasteiger partial charge is 0.271 e. The van der Waals surface area contributed by atoms with E-state index in [9.17, 15) is 14.9 Å². The fraction of sp³-hybridized carbons (Fsp3) is 0.167. The number of anilines is 1. The largest absolute Gasteiger partial charge is 0.497 e. The van der Waals surface area contributed by atoms with Gasteiger partial charge in [-0.15, -0.1) is 0 Å². The maximum atomic E-state index is 12.8. The van der Waals surface area contributed by atoms with Gasteiger partial charge < -0.3 is 14.5 Å². The van der Waals surface area contributed by atoms with Crippen LogP contribution in [0.2, 0.25) is 0 Å². The molecule has 3 aromatic rings. The summed E-state index contributed by atoms with van der Waals surface area (Å²) in [6.45, 7) is 3.46. The molecule has 2 aromatic carbocycles. The van der Waals surface area contributed by atoms with E-state index in [-0.39, 0.29) is 5.69 Å². The SMILES string of the molecule is COc1ccc2oc(C)c(C(=O)Nc3cc([N+](=O)[O-])ccc3C)c2c1. The number of carbonyl (C=O) groups is 1. The monoisotopic (exact) mass is 340 g/mol. The topological polar surface area (TPSA) is 94.6 Å². The third-order valence-corrected chi connectivity index (χ3v) is 3.98. The lowest BCUT2D eigenvalue weighted by atomic mass is 10.1. The molecule has 0 bridgehead atoms. The molecule has 1 N–H and O–H groups in total. The van der Waals surface area contributed by atoms with Gasteiger partial charge in [0, 0.05) is 17.5 Å². The van der Waals surface area contributed by atoms with Crippen molar-refractivity contribution in [3.8, 4) is 5.75 Å². The summed E-state index contributed by atoms with van der Waals surface area (Å²) in [5.41, 5.74) is 1.97. The maximum absolute atomic E-state index is 12.8. The van der Waals surface area contributed by atoms with Gasteiger partial charge in [0.25, 0.3) is 11.6 Å². The number of benzene rings is 2. The van der Waals surface area contributed by atoms with Crippen molar-refractivity contribution < 1.29 is 18.9 Å². The van der Waals surface area contributed by atoms with Crippen molar-refractivity contribution >= 4 is 28.3 Å². The molecule has 0 saturated heterocycles. The lowest BCUT2D eigenvalue weighted by Crippen LogP contribution is -2.13. The summed E-state index contributed by atoms with van der Waals surface area (Å²) in [5.74, 6) is 0.672. The molecule has 0 saturated carbocycles. The molecule has 1 amide bonds. The van der Waals surface area contributed by atoms with Gasteiger partial charge in [0.2, 0.25) is 0 Å². The minimum Gasteiger partial charge on any atom is -0.497 e. The Kier molecular flexibility index (Phi) is 4.14. The Labute approximate surface area is 143 Å². The minimum atomic E-state index is -0.502. The van der Waals surface area contributed by atoms with Gasteiger partial charge in [-0.2, -0.15) is 0 Å². The molecule has 0 spiro atoms. The van der Waals surface area contributed by atoms with Crippen LogP contribution < -0.4 is 10.1 Å². The van der Waals surface area contributed by atoms with Gasteiger partial charge in [-0.25, -0.2) is 0 Å². The van der Waals surface area contributed by atoms with Crippen LogP contribution in [0.3, 0.4) is 0 Å². The number of nitro benzene ring substituents is 1. The number of furan rings is 1. The lowest BCUT2D eigenvalue weighted by Gasteiger charge is -2.08. The summed E-state index contributed by atoms with van der Waals surface area (Å²) in [6.07, 6.45) is 0. The number of ether oxygens (including phenoxy) is 1. The first kappa shape index (κ1) is 16.5. The first-order valence-electron chi connectivity index (χ1n) is 7.54. The number of nitro groups is 1. The Morgan fingerprint density at radius 3 is 2.64 bits per heavy atom. The normalized spacial score (nSPS) is 10.7. The third kappa shape index (κ3) is 3.03. The van der Waals surface area contributed by atoms with Crippen LogP contribution in [0.1, 0.15) is 21.7 Å². The van der Waals surface area contributed by atoms with Crippen molar-refractivity contribution in [1.29, 1.82) is 0 Å². The number of non-ortho nitro benzene ring substituents is 1. The number of hydrogen-bond donors (Lipinski definition) is 1. The number of nitrogens with zero attached hydrogens (tertiary/aromatic N) is 1. The molecule has 1 aromatic heterocycles. The van der Waals surface area contributed by atoms with Gasteiger partial charge in [-0.3, -0.25) is 14.9 Å². The molecule has 1 heterocycles. The molecule has 7 heteroatoms. The number of aryl methyl sites for hydroxylation is 2. The minimum absolute atomic E-state index is 0.0867. The Morgan fingerprint density at radius 2 is 1.96 bits per heavy atom. The summed E-state index contributed by atoms with van der Waals surface area (Å²) in [4.78, 5) is 23.2. The van der Waals surface area contributed by atoms with E-state index >= 15 is 0 Å². The van der Waals surface area contributed by atoms with Gasteiger partial charge in [-0.1, -0.05) is 6.07 Å². The van der Waals surface area contributed by atoms with E-state index < -0.39 is 10.8 Å². The van der Waals surface area contributed by atoms with E-state index in [2.05, 4.69) is 5.32 Å². The Bertz CT molecular complexity index is 991. The molecule has 0 atom stereocenters. The van der Waals surface area contributed by atoms with Crippen molar-refractivity contribution in [3.63, 3.8) is 0 Å². The van der Waals surface area contributed by atoms with Crippen LogP contribution in [-0.4, -0.2) is 17.9 Å². The highest BCUT2D eigenvalue weighted by Gasteiger charge is 2.20. The van der Waals surface area contributed by atoms with Gasteiger partial charge in [0.1, 0.15) is 17.1 Å². The predicted octanol–water partition coefficient (Wildman–Crippen LogP) is 4.22. The molecule has 3 rings (SSSR count). The van der Waals surface area contributed by atoms with Crippen LogP contribution >= 0.6 is 0 Å². The summed E-state index contributed by atoms with van der Waals surface area (Å²) < 4.78 is 10.8. The number of hydrogen-bond acceptors (Lipinski definition) is 5. The van der Waals surface area contributed by atoms with E-state index in [1.54, 1.807) is 45.2 Å². The number of fused-ring (bicyclic) bond motifs is 1. The molecule has 25 heavy (non-hydrogen) atoms. The Hall–Kier alpha value is -3.35.